The Bertz CT molecular complexity index is 1070. The van der Waals surface area contributed by atoms with Crippen molar-refractivity contribution in [3.05, 3.63) is 81.1 Å². The average molecular weight is 412 g/mol. The van der Waals surface area contributed by atoms with Crippen LogP contribution in [0.5, 0.6) is 0 Å². The molecular weight excluding hydrogens is 390 g/mol. The maximum Gasteiger partial charge on any atom is 0.307 e. The molecular formula is C22H22ClN3O3. The molecule has 2 N–H and O–H groups in total. The van der Waals surface area contributed by atoms with Gasteiger partial charge in [0.15, 0.2) is 0 Å². The van der Waals surface area contributed by atoms with Gasteiger partial charge in [0.1, 0.15) is 0 Å². The van der Waals surface area contributed by atoms with Gasteiger partial charge in [-0.15, -0.1) is 0 Å². The van der Waals surface area contributed by atoms with Gasteiger partial charge < -0.3 is 10.4 Å². The fourth-order valence-corrected chi connectivity index (χ4v) is 3.28. The van der Waals surface area contributed by atoms with Crippen LogP contribution in [0, 0.1) is 20.8 Å². The fraction of sp³-hybridized carbons (Fsp3) is 0.227. The van der Waals surface area contributed by atoms with Crippen molar-refractivity contribution in [2.24, 2.45) is 0 Å². The lowest BCUT2D eigenvalue weighted by atomic mass is 10.1. The van der Waals surface area contributed by atoms with Crippen LogP contribution in [0.4, 0.5) is 5.69 Å². The van der Waals surface area contributed by atoms with Crippen LogP contribution in [0.1, 0.15) is 38.4 Å². The molecule has 0 aliphatic rings. The van der Waals surface area contributed by atoms with Crippen LogP contribution in [0.3, 0.4) is 0 Å². The van der Waals surface area contributed by atoms with Gasteiger partial charge in [-0.3, -0.25) is 14.3 Å². The topological polar surface area (TPSA) is 84.2 Å². The van der Waals surface area contributed by atoms with Gasteiger partial charge in [-0.2, -0.15) is 5.10 Å². The number of anilines is 1. The van der Waals surface area contributed by atoms with Crippen molar-refractivity contribution < 1.29 is 14.7 Å². The third kappa shape index (κ3) is 4.84. The molecule has 7 heteroatoms. The molecule has 0 aliphatic carbocycles. The summed E-state index contributed by atoms with van der Waals surface area (Å²) in [5.74, 6) is -1.09. The number of nitrogens with one attached hydrogen (secondary N) is 1. The quantitative estimate of drug-likeness (QED) is 0.630. The number of aryl methyl sites for hydroxylation is 2. The van der Waals surface area contributed by atoms with E-state index in [2.05, 4.69) is 10.4 Å². The number of carboxylic acid groups (broad SMARTS) is 1. The zero-order chi connectivity index (χ0) is 21.1. The molecule has 1 amide bonds. The largest absolute Gasteiger partial charge is 0.481 e. The van der Waals surface area contributed by atoms with E-state index in [0.29, 0.717) is 22.8 Å². The number of hydrogen-bond acceptors (Lipinski definition) is 3. The van der Waals surface area contributed by atoms with E-state index in [9.17, 15) is 9.59 Å². The van der Waals surface area contributed by atoms with Crippen LogP contribution >= 0.6 is 11.6 Å². The molecule has 1 heterocycles. The molecule has 29 heavy (non-hydrogen) atoms. The number of carboxylic acids is 1. The maximum atomic E-state index is 12.5. The predicted molar refractivity (Wildman–Crippen MR) is 113 cm³/mol. The molecule has 0 aliphatic heterocycles. The van der Waals surface area contributed by atoms with Crippen LogP contribution in [0.15, 0.2) is 42.5 Å². The fourth-order valence-electron chi connectivity index (χ4n) is 3.10. The minimum Gasteiger partial charge on any atom is -0.481 e. The molecule has 0 spiro atoms. The van der Waals surface area contributed by atoms with Crippen molar-refractivity contribution in [3.63, 3.8) is 0 Å². The summed E-state index contributed by atoms with van der Waals surface area (Å²) >= 11 is 6.10. The summed E-state index contributed by atoms with van der Waals surface area (Å²) in [5.41, 5.74) is 5.39. The number of rotatable bonds is 6. The van der Waals surface area contributed by atoms with Gasteiger partial charge in [-0.05, 0) is 56.2 Å². The normalized spacial score (nSPS) is 10.8. The van der Waals surface area contributed by atoms with E-state index in [-0.39, 0.29) is 12.3 Å². The number of hydrogen-bond donors (Lipinski definition) is 2. The Balaban J connectivity index is 1.71. The highest BCUT2D eigenvalue weighted by molar-refractivity contribution is 6.31. The number of benzene rings is 2. The Kier molecular flexibility index (Phi) is 6.03. The summed E-state index contributed by atoms with van der Waals surface area (Å²) in [5, 5.41) is 16.9. The molecule has 6 nitrogen and oxygen atoms in total. The first-order chi connectivity index (χ1) is 13.7. The van der Waals surface area contributed by atoms with Gasteiger partial charge in [0, 0.05) is 27.5 Å². The number of nitrogens with zero attached hydrogens (tertiary/aromatic N) is 2. The first-order valence-corrected chi connectivity index (χ1v) is 9.53. The number of carbonyl (C=O) groups excluding carboxylic acids is 1. The molecule has 0 saturated carbocycles. The second-order valence-electron chi connectivity index (χ2n) is 6.99. The van der Waals surface area contributed by atoms with Crippen LogP contribution in [-0.4, -0.2) is 26.8 Å². The van der Waals surface area contributed by atoms with Gasteiger partial charge in [-0.25, -0.2) is 0 Å². The molecule has 0 radical (unpaired) electrons. The zero-order valence-corrected chi connectivity index (χ0v) is 17.2. The van der Waals surface area contributed by atoms with Crippen molar-refractivity contribution in [2.75, 3.05) is 5.32 Å². The highest BCUT2D eigenvalue weighted by Crippen LogP contribution is 2.21. The smallest absolute Gasteiger partial charge is 0.307 e. The number of aliphatic carboxylic acids is 1. The summed E-state index contributed by atoms with van der Waals surface area (Å²) < 4.78 is 1.79. The van der Waals surface area contributed by atoms with Crippen molar-refractivity contribution in [3.8, 4) is 0 Å². The van der Waals surface area contributed by atoms with Gasteiger partial charge in [-0.1, -0.05) is 29.8 Å². The van der Waals surface area contributed by atoms with E-state index in [0.717, 1.165) is 28.1 Å². The average Bonchev–Trinajstić information content (AvgIpc) is 2.92. The Hall–Kier alpha value is -3.12. The second-order valence-corrected chi connectivity index (χ2v) is 7.40. The van der Waals surface area contributed by atoms with Crippen LogP contribution in [-0.2, 0) is 17.8 Å². The van der Waals surface area contributed by atoms with E-state index in [1.807, 2.05) is 45.0 Å². The number of aromatic nitrogens is 2. The van der Waals surface area contributed by atoms with Gasteiger partial charge >= 0.3 is 5.97 Å². The highest BCUT2D eigenvalue weighted by Gasteiger charge is 2.15. The van der Waals surface area contributed by atoms with E-state index in [1.165, 1.54) is 0 Å². The molecule has 2 aromatic carbocycles. The first-order valence-electron chi connectivity index (χ1n) is 9.15. The third-order valence-electron chi connectivity index (χ3n) is 4.84. The van der Waals surface area contributed by atoms with E-state index >= 15 is 0 Å². The molecule has 0 saturated heterocycles. The van der Waals surface area contributed by atoms with Crippen LogP contribution in [0.25, 0.3) is 0 Å². The Morgan fingerprint density at radius 3 is 2.41 bits per heavy atom. The zero-order valence-electron chi connectivity index (χ0n) is 16.5. The summed E-state index contributed by atoms with van der Waals surface area (Å²) in [4.78, 5) is 23.5. The summed E-state index contributed by atoms with van der Waals surface area (Å²) in [6.45, 7) is 6.08. The first kappa shape index (κ1) is 20.6. The lowest BCUT2D eigenvalue weighted by Crippen LogP contribution is -2.12. The SMILES string of the molecule is Cc1ccc(NC(=O)c2ccc(Cn3nc(C)c(CC(=O)O)c3C)cc2)cc1Cl. The molecule has 0 bridgehead atoms. The molecule has 3 rings (SSSR count). The summed E-state index contributed by atoms with van der Waals surface area (Å²) in [7, 11) is 0. The molecule has 3 aromatic rings. The number of carbonyl (C=O) groups is 2. The Morgan fingerprint density at radius 2 is 1.79 bits per heavy atom. The van der Waals surface area contributed by atoms with Crippen LogP contribution < -0.4 is 5.32 Å². The van der Waals surface area contributed by atoms with Crippen molar-refractivity contribution >= 4 is 29.2 Å². The minimum atomic E-state index is -0.874. The van der Waals surface area contributed by atoms with Crippen molar-refractivity contribution in [2.45, 2.75) is 33.7 Å². The van der Waals surface area contributed by atoms with E-state index in [4.69, 9.17) is 16.7 Å². The van der Waals surface area contributed by atoms with Gasteiger partial charge in [0.05, 0.1) is 18.7 Å². The Morgan fingerprint density at radius 1 is 1.10 bits per heavy atom. The molecule has 0 fully saturated rings. The highest BCUT2D eigenvalue weighted by atomic mass is 35.5. The summed E-state index contributed by atoms with van der Waals surface area (Å²) in [6.07, 6.45) is -0.0419. The van der Waals surface area contributed by atoms with Gasteiger partial charge in [0.2, 0.25) is 0 Å². The number of halogens is 1. The van der Waals surface area contributed by atoms with Crippen molar-refractivity contribution in [1.29, 1.82) is 0 Å². The summed E-state index contributed by atoms with van der Waals surface area (Å²) in [6, 6.07) is 12.6. The minimum absolute atomic E-state index is 0.0419. The third-order valence-corrected chi connectivity index (χ3v) is 5.24. The molecule has 1 aromatic heterocycles. The lowest BCUT2D eigenvalue weighted by molar-refractivity contribution is -0.136. The van der Waals surface area contributed by atoms with Gasteiger partial charge in [0.25, 0.3) is 5.91 Å². The monoisotopic (exact) mass is 411 g/mol. The van der Waals surface area contributed by atoms with Crippen LogP contribution in [0.2, 0.25) is 5.02 Å². The van der Waals surface area contributed by atoms with Crippen molar-refractivity contribution in [1.82, 2.24) is 9.78 Å². The second kappa shape index (κ2) is 8.49. The molecule has 150 valence electrons. The Labute approximate surface area is 174 Å². The van der Waals surface area contributed by atoms with E-state index in [1.54, 1.807) is 22.9 Å². The maximum absolute atomic E-state index is 12.5. The molecule has 0 unspecified atom stereocenters. The standard InChI is InChI=1S/C22H22ClN3O3/c1-13-4-9-18(10-20(13)23)24-22(29)17-7-5-16(6-8-17)12-26-15(3)19(11-21(27)28)14(2)25-26/h4-10H,11-12H2,1-3H3,(H,24,29)(H,27,28). The van der Waals surface area contributed by atoms with E-state index < -0.39 is 5.97 Å². The molecule has 0 atom stereocenters. The predicted octanol–water partition coefficient (Wildman–Crippen LogP) is 4.39. The number of amides is 1. The lowest BCUT2D eigenvalue weighted by Gasteiger charge is -2.09.